The van der Waals surface area contributed by atoms with Crippen LogP contribution < -0.4 is 16.4 Å². The molecule has 6 nitrogen and oxygen atoms in total. The second kappa shape index (κ2) is 4.31. The first-order valence-electron chi connectivity index (χ1n) is 6.40. The van der Waals surface area contributed by atoms with Crippen molar-refractivity contribution in [3.63, 3.8) is 0 Å². The van der Waals surface area contributed by atoms with Gasteiger partial charge in [0.25, 0.3) is 0 Å². The Morgan fingerprint density at radius 1 is 1.53 bits per heavy atom. The van der Waals surface area contributed by atoms with Crippen LogP contribution in [0.1, 0.15) is 13.3 Å². The second-order valence-electron chi connectivity index (χ2n) is 5.20. The maximum absolute atomic E-state index is 11.2. The molecule has 1 fully saturated rings. The van der Waals surface area contributed by atoms with Gasteiger partial charge in [0.15, 0.2) is 5.58 Å². The van der Waals surface area contributed by atoms with Gasteiger partial charge in [-0.15, -0.1) is 0 Å². The van der Waals surface area contributed by atoms with Crippen molar-refractivity contribution < 1.29 is 9.52 Å². The standard InChI is InChI=1S/C13H17N3O3/c1-7-2-3-16(6-11(7)17)10-5-9-12(4-8(10)14)19-13(18)15-9/h4-5,7,11,17H,2-3,6,14H2,1H3,(H,15,18). The van der Waals surface area contributed by atoms with Crippen molar-refractivity contribution in [1.82, 2.24) is 4.98 Å². The highest BCUT2D eigenvalue weighted by Gasteiger charge is 2.25. The summed E-state index contributed by atoms with van der Waals surface area (Å²) in [6.45, 7) is 3.44. The molecule has 6 heteroatoms. The van der Waals surface area contributed by atoms with E-state index in [0.29, 0.717) is 29.2 Å². The predicted octanol–water partition coefficient (Wildman–Crippen LogP) is 0.910. The molecule has 0 aliphatic carbocycles. The molecule has 2 atom stereocenters. The number of H-pyrrole nitrogens is 1. The molecule has 1 aromatic heterocycles. The van der Waals surface area contributed by atoms with Gasteiger partial charge in [-0.25, -0.2) is 4.79 Å². The van der Waals surface area contributed by atoms with Gasteiger partial charge in [-0.2, -0.15) is 0 Å². The Morgan fingerprint density at radius 2 is 2.32 bits per heavy atom. The number of nitrogens with two attached hydrogens (primary N) is 1. The Morgan fingerprint density at radius 3 is 3.05 bits per heavy atom. The molecule has 0 amide bonds. The first-order chi connectivity index (χ1) is 9.04. The molecule has 2 unspecified atom stereocenters. The van der Waals surface area contributed by atoms with E-state index in [9.17, 15) is 9.90 Å². The molecule has 1 aliphatic heterocycles. The predicted molar refractivity (Wildman–Crippen MR) is 73.2 cm³/mol. The van der Waals surface area contributed by atoms with Gasteiger partial charge < -0.3 is 20.2 Å². The number of nitrogen functional groups attached to an aromatic ring is 1. The quantitative estimate of drug-likeness (QED) is 0.665. The summed E-state index contributed by atoms with van der Waals surface area (Å²) >= 11 is 0. The molecular formula is C13H17N3O3. The summed E-state index contributed by atoms with van der Waals surface area (Å²) in [5, 5.41) is 9.96. The number of aromatic amines is 1. The zero-order valence-corrected chi connectivity index (χ0v) is 10.7. The monoisotopic (exact) mass is 263 g/mol. The van der Waals surface area contributed by atoms with Crippen molar-refractivity contribution in [3.8, 4) is 0 Å². The maximum Gasteiger partial charge on any atom is 0.417 e. The van der Waals surface area contributed by atoms with Crippen LogP contribution in [-0.2, 0) is 0 Å². The maximum atomic E-state index is 11.2. The molecule has 1 saturated heterocycles. The van der Waals surface area contributed by atoms with Crippen LogP contribution in [0.5, 0.6) is 0 Å². The van der Waals surface area contributed by atoms with Crippen LogP contribution in [0.25, 0.3) is 11.1 Å². The molecule has 0 spiro atoms. The van der Waals surface area contributed by atoms with E-state index in [1.54, 1.807) is 12.1 Å². The molecule has 4 N–H and O–H groups in total. The lowest BCUT2D eigenvalue weighted by Gasteiger charge is -2.36. The number of fused-ring (bicyclic) bond motifs is 1. The fraction of sp³-hybridized carbons (Fsp3) is 0.462. The van der Waals surface area contributed by atoms with Crippen molar-refractivity contribution in [3.05, 3.63) is 22.7 Å². The minimum absolute atomic E-state index is 0.301. The number of aliphatic hydroxyl groups is 1. The second-order valence-corrected chi connectivity index (χ2v) is 5.20. The highest BCUT2D eigenvalue weighted by molar-refractivity contribution is 5.85. The largest absolute Gasteiger partial charge is 0.417 e. The zero-order valence-electron chi connectivity index (χ0n) is 10.7. The van der Waals surface area contributed by atoms with Crippen LogP contribution in [0, 0.1) is 5.92 Å². The first-order valence-corrected chi connectivity index (χ1v) is 6.40. The number of rotatable bonds is 1. The Hall–Kier alpha value is -1.95. The molecule has 2 heterocycles. The summed E-state index contributed by atoms with van der Waals surface area (Å²) in [7, 11) is 0. The summed E-state index contributed by atoms with van der Waals surface area (Å²) in [5.41, 5.74) is 8.47. The van der Waals surface area contributed by atoms with E-state index in [-0.39, 0.29) is 6.10 Å². The van der Waals surface area contributed by atoms with E-state index in [4.69, 9.17) is 10.2 Å². The number of β-amino-alcohol motifs (C(OH)–C–C–N with tert-alkyl or cyclic N) is 1. The van der Waals surface area contributed by atoms with Crippen molar-refractivity contribution >= 4 is 22.5 Å². The minimum atomic E-state index is -0.487. The molecule has 0 saturated carbocycles. The fourth-order valence-electron chi connectivity index (χ4n) is 2.54. The van der Waals surface area contributed by atoms with Crippen LogP contribution in [0.3, 0.4) is 0 Å². The summed E-state index contributed by atoms with van der Waals surface area (Å²) in [4.78, 5) is 15.8. The van der Waals surface area contributed by atoms with Gasteiger partial charge in [-0.1, -0.05) is 6.92 Å². The summed E-state index contributed by atoms with van der Waals surface area (Å²) in [6.07, 6.45) is 0.563. The van der Waals surface area contributed by atoms with E-state index in [1.165, 1.54) is 0 Å². The van der Waals surface area contributed by atoms with Crippen LogP contribution in [-0.4, -0.2) is 29.3 Å². The van der Waals surface area contributed by atoms with Gasteiger partial charge in [0.05, 0.1) is 23.0 Å². The van der Waals surface area contributed by atoms with Crippen LogP contribution >= 0.6 is 0 Å². The number of anilines is 2. The molecule has 19 heavy (non-hydrogen) atoms. The number of benzene rings is 1. The van der Waals surface area contributed by atoms with Crippen LogP contribution in [0.2, 0.25) is 0 Å². The SMILES string of the molecule is CC1CCN(c2cc3[nH]c(=O)oc3cc2N)CC1O. The average molecular weight is 263 g/mol. The lowest BCUT2D eigenvalue weighted by atomic mass is 9.95. The Bertz CT molecular complexity index is 661. The third-order valence-corrected chi connectivity index (χ3v) is 3.83. The molecular weight excluding hydrogens is 246 g/mol. The van der Waals surface area contributed by atoms with Gasteiger partial charge in [0.1, 0.15) is 0 Å². The number of hydrogen-bond acceptors (Lipinski definition) is 5. The zero-order chi connectivity index (χ0) is 13.6. The Balaban J connectivity index is 2.00. The highest BCUT2D eigenvalue weighted by atomic mass is 16.4. The van der Waals surface area contributed by atoms with E-state index < -0.39 is 5.76 Å². The topological polar surface area (TPSA) is 95.5 Å². The highest BCUT2D eigenvalue weighted by Crippen LogP contribution is 2.31. The molecule has 102 valence electrons. The van der Waals surface area contributed by atoms with Crippen molar-refractivity contribution in [2.45, 2.75) is 19.4 Å². The Kier molecular flexibility index (Phi) is 2.74. The van der Waals surface area contributed by atoms with Crippen LogP contribution in [0.15, 0.2) is 21.3 Å². The summed E-state index contributed by atoms with van der Waals surface area (Å²) in [6, 6.07) is 3.45. The molecule has 0 radical (unpaired) electrons. The lowest BCUT2D eigenvalue weighted by Crippen LogP contribution is -2.43. The van der Waals surface area contributed by atoms with Crippen molar-refractivity contribution in [2.24, 2.45) is 5.92 Å². The molecule has 1 aromatic carbocycles. The van der Waals surface area contributed by atoms with Crippen molar-refractivity contribution in [2.75, 3.05) is 23.7 Å². The molecule has 2 aromatic rings. The molecule has 1 aliphatic rings. The fourth-order valence-corrected chi connectivity index (χ4v) is 2.54. The van der Waals surface area contributed by atoms with Gasteiger partial charge >= 0.3 is 5.76 Å². The van der Waals surface area contributed by atoms with Gasteiger partial charge in [0, 0.05) is 19.2 Å². The number of nitrogens with one attached hydrogen (secondary N) is 1. The van der Waals surface area contributed by atoms with E-state index in [2.05, 4.69) is 4.98 Å². The van der Waals surface area contributed by atoms with Crippen LogP contribution in [0.4, 0.5) is 11.4 Å². The minimum Gasteiger partial charge on any atom is -0.408 e. The summed E-state index contributed by atoms with van der Waals surface area (Å²) < 4.78 is 4.97. The van der Waals surface area contributed by atoms with Gasteiger partial charge in [-0.05, 0) is 18.4 Å². The number of aromatic nitrogens is 1. The third-order valence-electron chi connectivity index (χ3n) is 3.83. The smallest absolute Gasteiger partial charge is 0.408 e. The van der Waals surface area contributed by atoms with Gasteiger partial charge in [-0.3, -0.25) is 4.98 Å². The Labute approximate surface area is 109 Å². The number of hydrogen-bond donors (Lipinski definition) is 3. The van der Waals surface area contributed by atoms with E-state index in [0.717, 1.165) is 18.7 Å². The van der Waals surface area contributed by atoms with Crippen molar-refractivity contribution in [1.29, 1.82) is 0 Å². The number of aliphatic hydroxyl groups excluding tert-OH is 1. The molecule has 0 bridgehead atoms. The third kappa shape index (κ3) is 2.08. The normalized spacial score (nSPS) is 24.0. The number of nitrogens with zero attached hydrogens (tertiary/aromatic N) is 1. The lowest BCUT2D eigenvalue weighted by molar-refractivity contribution is 0.103. The average Bonchev–Trinajstić information content (AvgIpc) is 2.71. The van der Waals surface area contributed by atoms with E-state index in [1.807, 2.05) is 11.8 Å². The van der Waals surface area contributed by atoms with E-state index >= 15 is 0 Å². The first kappa shape index (κ1) is 12.1. The van der Waals surface area contributed by atoms with Gasteiger partial charge in [0.2, 0.25) is 0 Å². The molecule has 3 rings (SSSR count). The number of piperidine rings is 1. The summed E-state index contributed by atoms with van der Waals surface area (Å²) in [5.74, 6) is -0.186. The number of oxazole rings is 1.